The van der Waals surface area contributed by atoms with Gasteiger partial charge in [0, 0.05) is 6.54 Å². The maximum absolute atomic E-state index is 11.2. The quantitative estimate of drug-likeness (QED) is 0.763. The molecule has 0 aliphatic carbocycles. The third kappa shape index (κ3) is 3.29. The largest absolute Gasteiger partial charge is 0.369 e. The van der Waals surface area contributed by atoms with Crippen LogP contribution in [0.2, 0.25) is 0 Å². The highest BCUT2D eigenvalue weighted by atomic mass is 79.9. The number of primary amides is 1. The fraction of sp³-hybridized carbons (Fsp3) is 0.500. The number of amides is 1. The maximum Gasteiger partial charge on any atom is 0.242 e. The van der Waals surface area contributed by atoms with Gasteiger partial charge in [0.15, 0.2) is 0 Å². The Hall–Kier alpha value is -1.37. The molecule has 0 aromatic carbocycles. The highest BCUT2D eigenvalue weighted by Gasteiger charge is 2.26. The maximum atomic E-state index is 11.2. The van der Waals surface area contributed by atoms with E-state index in [4.69, 9.17) is 5.73 Å². The van der Waals surface area contributed by atoms with Crippen LogP contribution in [0, 0.1) is 0 Å². The summed E-state index contributed by atoms with van der Waals surface area (Å²) < 4.78 is 0.677. The second kappa shape index (κ2) is 5.31. The van der Waals surface area contributed by atoms with Crippen LogP contribution in [0.5, 0.6) is 0 Å². The second-order valence-electron chi connectivity index (χ2n) is 4.03. The fourth-order valence-corrected chi connectivity index (χ4v) is 1.55. The van der Waals surface area contributed by atoms with Gasteiger partial charge < -0.3 is 16.4 Å². The molecule has 0 saturated carbocycles. The molecule has 0 spiro atoms. The van der Waals surface area contributed by atoms with Gasteiger partial charge in [-0.2, -0.15) is 0 Å². The minimum atomic E-state index is -0.875. The van der Waals surface area contributed by atoms with Gasteiger partial charge in [-0.15, -0.1) is 0 Å². The van der Waals surface area contributed by atoms with Gasteiger partial charge in [0.25, 0.3) is 0 Å². The molecule has 0 aliphatic rings. The van der Waals surface area contributed by atoms with Gasteiger partial charge in [0.05, 0.1) is 0 Å². The molecule has 0 unspecified atom stereocenters. The molecule has 0 saturated heterocycles. The Morgan fingerprint density at radius 1 is 1.47 bits per heavy atom. The molecule has 7 heteroatoms. The summed E-state index contributed by atoms with van der Waals surface area (Å²) in [5.74, 6) is 0.748. The summed E-state index contributed by atoms with van der Waals surface area (Å²) in [7, 11) is 0. The summed E-state index contributed by atoms with van der Waals surface area (Å²) in [5.41, 5.74) is 4.41. The number of nitrogens with zero attached hydrogens (tertiary/aromatic N) is 2. The van der Waals surface area contributed by atoms with Gasteiger partial charge in [-0.3, -0.25) is 4.79 Å². The topological polar surface area (TPSA) is 92.9 Å². The lowest BCUT2D eigenvalue weighted by Crippen LogP contribution is -2.45. The van der Waals surface area contributed by atoms with E-state index in [1.165, 1.54) is 6.33 Å². The molecule has 1 amide bonds. The number of anilines is 2. The SMILES string of the molecule is CCNc1ncnc(NC(C)(C)C(N)=O)c1Br. The molecular weight excluding hydrogens is 286 g/mol. The van der Waals surface area contributed by atoms with E-state index in [1.54, 1.807) is 13.8 Å². The average Bonchev–Trinajstić information content (AvgIpc) is 2.24. The number of halogens is 1. The van der Waals surface area contributed by atoms with Crippen LogP contribution in [0.1, 0.15) is 20.8 Å². The first-order valence-electron chi connectivity index (χ1n) is 5.21. The van der Waals surface area contributed by atoms with Crippen molar-refractivity contribution in [2.45, 2.75) is 26.3 Å². The van der Waals surface area contributed by atoms with E-state index in [2.05, 4.69) is 36.5 Å². The summed E-state index contributed by atoms with van der Waals surface area (Å²) in [4.78, 5) is 19.4. The molecule has 0 bridgehead atoms. The number of carbonyl (C=O) groups excluding carboxylic acids is 1. The Bertz CT molecular complexity index is 421. The van der Waals surface area contributed by atoms with Crippen molar-refractivity contribution in [3.8, 4) is 0 Å². The minimum absolute atomic E-state index is 0.451. The molecule has 0 atom stereocenters. The molecule has 6 nitrogen and oxygen atoms in total. The van der Waals surface area contributed by atoms with E-state index in [-0.39, 0.29) is 0 Å². The van der Waals surface area contributed by atoms with E-state index in [1.807, 2.05) is 6.92 Å². The molecule has 0 aliphatic heterocycles. The number of nitrogens with two attached hydrogens (primary N) is 1. The van der Waals surface area contributed by atoms with Crippen molar-refractivity contribution in [2.24, 2.45) is 5.73 Å². The number of carbonyl (C=O) groups is 1. The molecular formula is C10H16BrN5O. The Morgan fingerprint density at radius 2 is 2.06 bits per heavy atom. The first kappa shape index (κ1) is 13.7. The number of hydrogen-bond acceptors (Lipinski definition) is 5. The summed E-state index contributed by atoms with van der Waals surface area (Å²) in [5, 5.41) is 6.05. The Kier molecular flexibility index (Phi) is 4.28. The third-order valence-electron chi connectivity index (χ3n) is 2.18. The van der Waals surface area contributed by atoms with Crippen molar-refractivity contribution < 1.29 is 4.79 Å². The average molecular weight is 302 g/mol. The van der Waals surface area contributed by atoms with Crippen molar-refractivity contribution in [1.82, 2.24) is 9.97 Å². The number of hydrogen-bond donors (Lipinski definition) is 3. The molecule has 94 valence electrons. The van der Waals surface area contributed by atoms with Crippen LogP contribution >= 0.6 is 15.9 Å². The molecule has 1 rings (SSSR count). The molecule has 17 heavy (non-hydrogen) atoms. The predicted molar refractivity (Wildman–Crippen MR) is 70.8 cm³/mol. The lowest BCUT2D eigenvalue weighted by Gasteiger charge is -2.23. The second-order valence-corrected chi connectivity index (χ2v) is 4.82. The van der Waals surface area contributed by atoms with E-state index >= 15 is 0 Å². The van der Waals surface area contributed by atoms with Crippen LogP contribution in [0.15, 0.2) is 10.8 Å². The van der Waals surface area contributed by atoms with Gasteiger partial charge in [-0.1, -0.05) is 0 Å². The molecule has 1 aromatic rings. The zero-order valence-corrected chi connectivity index (χ0v) is 11.6. The standard InChI is InChI=1S/C10H16BrN5O/c1-4-13-7-6(11)8(15-5-14-7)16-10(2,3)9(12)17/h5H,4H2,1-3H3,(H2,12,17)(H2,13,14,15,16). The molecule has 1 heterocycles. The zero-order valence-electron chi connectivity index (χ0n) is 10.0. The molecule has 0 fully saturated rings. The Balaban J connectivity index is 2.99. The van der Waals surface area contributed by atoms with Crippen LogP contribution in [0.25, 0.3) is 0 Å². The first-order valence-corrected chi connectivity index (χ1v) is 6.00. The third-order valence-corrected chi connectivity index (χ3v) is 2.93. The highest BCUT2D eigenvalue weighted by Crippen LogP contribution is 2.28. The lowest BCUT2D eigenvalue weighted by molar-refractivity contribution is -0.121. The van der Waals surface area contributed by atoms with Gasteiger partial charge in [-0.05, 0) is 36.7 Å². The smallest absolute Gasteiger partial charge is 0.242 e. The molecule has 0 radical (unpaired) electrons. The fourth-order valence-electron chi connectivity index (χ4n) is 1.11. The van der Waals surface area contributed by atoms with Crippen molar-refractivity contribution >= 4 is 33.5 Å². The summed E-state index contributed by atoms with van der Waals surface area (Å²) in [6.45, 7) is 6.09. The van der Waals surface area contributed by atoms with Crippen molar-refractivity contribution in [3.05, 3.63) is 10.8 Å². The first-order chi connectivity index (χ1) is 7.88. The van der Waals surface area contributed by atoms with E-state index in [0.29, 0.717) is 16.1 Å². The van der Waals surface area contributed by atoms with Gasteiger partial charge in [-0.25, -0.2) is 9.97 Å². The van der Waals surface area contributed by atoms with E-state index < -0.39 is 11.4 Å². The normalized spacial score (nSPS) is 11.1. The summed E-state index contributed by atoms with van der Waals surface area (Å²) in [6.07, 6.45) is 1.42. The van der Waals surface area contributed by atoms with Gasteiger partial charge in [0.1, 0.15) is 28.0 Å². The Morgan fingerprint density at radius 3 is 2.59 bits per heavy atom. The lowest BCUT2D eigenvalue weighted by atomic mass is 10.1. The zero-order chi connectivity index (χ0) is 13.1. The summed E-state index contributed by atoms with van der Waals surface area (Å²) in [6, 6.07) is 0. The van der Waals surface area contributed by atoms with Crippen LogP contribution in [-0.4, -0.2) is 28.0 Å². The van der Waals surface area contributed by atoms with Crippen LogP contribution in [0.3, 0.4) is 0 Å². The van der Waals surface area contributed by atoms with Crippen molar-refractivity contribution in [3.63, 3.8) is 0 Å². The van der Waals surface area contributed by atoms with E-state index in [0.717, 1.165) is 6.54 Å². The summed E-state index contributed by atoms with van der Waals surface area (Å²) >= 11 is 3.38. The van der Waals surface area contributed by atoms with Crippen molar-refractivity contribution in [2.75, 3.05) is 17.2 Å². The van der Waals surface area contributed by atoms with Gasteiger partial charge >= 0.3 is 0 Å². The van der Waals surface area contributed by atoms with Crippen LogP contribution in [-0.2, 0) is 4.79 Å². The van der Waals surface area contributed by atoms with Crippen LogP contribution in [0.4, 0.5) is 11.6 Å². The number of rotatable bonds is 5. The Labute approximate surface area is 109 Å². The highest BCUT2D eigenvalue weighted by molar-refractivity contribution is 9.10. The molecule has 4 N–H and O–H groups in total. The van der Waals surface area contributed by atoms with Crippen LogP contribution < -0.4 is 16.4 Å². The number of nitrogens with one attached hydrogen (secondary N) is 2. The predicted octanol–water partition coefficient (Wildman–Crippen LogP) is 1.35. The monoisotopic (exact) mass is 301 g/mol. The molecule has 1 aromatic heterocycles. The number of aromatic nitrogens is 2. The minimum Gasteiger partial charge on any atom is -0.369 e. The van der Waals surface area contributed by atoms with E-state index in [9.17, 15) is 4.79 Å². The van der Waals surface area contributed by atoms with Gasteiger partial charge in [0.2, 0.25) is 5.91 Å². The van der Waals surface area contributed by atoms with Crippen molar-refractivity contribution in [1.29, 1.82) is 0 Å².